The number of aliphatic carboxylic acids is 1. The third-order valence-electron chi connectivity index (χ3n) is 3.66. The number of likely N-dealkylation sites (tertiary alicyclic amines) is 1. The maximum atomic E-state index is 11.0. The molecular formula is C12H19NO2. The first-order valence-corrected chi connectivity index (χ1v) is 5.82. The maximum Gasteiger partial charge on any atom is 0.308 e. The fourth-order valence-corrected chi connectivity index (χ4v) is 2.70. The lowest BCUT2D eigenvalue weighted by Crippen LogP contribution is -2.33. The van der Waals surface area contributed by atoms with E-state index in [0.29, 0.717) is 6.04 Å². The highest BCUT2D eigenvalue weighted by molar-refractivity contribution is 5.71. The number of allylic oxidation sites excluding steroid dienone is 1. The van der Waals surface area contributed by atoms with Gasteiger partial charge in [-0.1, -0.05) is 19.1 Å². The van der Waals surface area contributed by atoms with Gasteiger partial charge >= 0.3 is 5.97 Å². The minimum atomic E-state index is -0.634. The number of nitrogens with zero attached hydrogens (tertiary/aromatic N) is 1. The van der Waals surface area contributed by atoms with Crippen molar-refractivity contribution >= 4 is 5.97 Å². The fraction of sp³-hybridized carbons (Fsp3) is 0.750. The van der Waals surface area contributed by atoms with Crippen molar-refractivity contribution in [3.8, 4) is 0 Å². The number of carbonyl (C=O) groups is 1. The molecule has 84 valence electrons. The monoisotopic (exact) mass is 209 g/mol. The summed E-state index contributed by atoms with van der Waals surface area (Å²) in [5.41, 5.74) is 0. The number of hydrogen-bond acceptors (Lipinski definition) is 2. The van der Waals surface area contributed by atoms with E-state index in [4.69, 9.17) is 5.11 Å². The van der Waals surface area contributed by atoms with Gasteiger partial charge in [-0.05, 0) is 25.2 Å². The molecule has 0 bridgehead atoms. The summed E-state index contributed by atoms with van der Waals surface area (Å²) in [6, 6.07) is 0.491. The van der Waals surface area contributed by atoms with Crippen LogP contribution in [0.15, 0.2) is 12.2 Å². The van der Waals surface area contributed by atoms with Crippen LogP contribution in [-0.2, 0) is 4.79 Å². The molecule has 0 aromatic heterocycles. The molecule has 1 aliphatic carbocycles. The van der Waals surface area contributed by atoms with Crippen LogP contribution in [0.1, 0.15) is 26.2 Å². The first-order valence-electron chi connectivity index (χ1n) is 5.82. The van der Waals surface area contributed by atoms with Crippen LogP contribution < -0.4 is 0 Å². The second-order valence-corrected chi connectivity index (χ2v) is 4.80. The van der Waals surface area contributed by atoms with Gasteiger partial charge in [0.2, 0.25) is 0 Å². The van der Waals surface area contributed by atoms with Crippen LogP contribution in [0, 0.1) is 11.8 Å². The second-order valence-electron chi connectivity index (χ2n) is 4.80. The normalized spacial score (nSPS) is 37.0. The molecule has 1 N–H and O–H groups in total. The second kappa shape index (κ2) is 4.35. The standard InChI is InChI=1S/C12H19NO2/c1-9-7-13(8-11(9)12(14)15)10-5-3-2-4-6-10/h3,5,9-11H,2,4,6-8H2,1H3,(H,14,15). The summed E-state index contributed by atoms with van der Waals surface area (Å²) < 4.78 is 0. The first-order chi connectivity index (χ1) is 7.18. The number of carboxylic acid groups (broad SMARTS) is 1. The summed E-state index contributed by atoms with van der Waals surface area (Å²) in [6.07, 6.45) is 8.09. The summed E-state index contributed by atoms with van der Waals surface area (Å²) >= 11 is 0. The van der Waals surface area contributed by atoms with Gasteiger partial charge in [0.25, 0.3) is 0 Å². The lowest BCUT2D eigenvalue weighted by atomic mass is 9.99. The predicted molar refractivity (Wildman–Crippen MR) is 58.6 cm³/mol. The van der Waals surface area contributed by atoms with Gasteiger partial charge < -0.3 is 5.11 Å². The average Bonchev–Trinajstić information content (AvgIpc) is 2.62. The van der Waals surface area contributed by atoms with Crippen LogP contribution in [0.5, 0.6) is 0 Å². The van der Waals surface area contributed by atoms with E-state index in [1.165, 1.54) is 19.3 Å². The van der Waals surface area contributed by atoms with E-state index in [1.54, 1.807) is 0 Å². The van der Waals surface area contributed by atoms with E-state index in [2.05, 4.69) is 17.1 Å². The van der Waals surface area contributed by atoms with E-state index in [-0.39, 0.29) is 11.8 Å². The topological polar surface area (TPSA) is 40.5 Å². The summed E-state index contributed by atoms with van der Waals surface area (Å²) in [7, 11) is 0. The SMILES string of the molecule is CC1CN(C2C=CCCC2)CC1C(=O)O. The van der Waals surface area contributed by atoms with Crippen molar-refractivity contribution < 1.29 is 9.90 Å². The third kappa shape index (κ3) is 2.23. The van der Waals surface area contributed by atoms with E-state index in [9.17, 15) is 4.79 Å². The van der Waals surface area contributed by atoms with Crippen molar-refractivity contribution in [2.45, 2.75) is 32.2 Å². The van der Waals surface area contributed by atoms with Crippen molar-refractivity contribution in [2.24, 2.45) is 11.8 Å². The van der Waals surface area contributed by atoms with Crippen molar-refractivity contribution in [3.63, 3.8) is 0 Å². The Hall–Kier alpha value is -0.830. The van der Waals surface area contributed by atoms with E-state index in [0.717, 1.165) is 13.1 Å². The zero-order chi connectivity index (χ0) is 10.8. The lowest BCUT2D eigenvalue weighted by Gasteiger charge is -2.27. The fourth-order valence-electron chi connectivity index (χ4n) is 2.70. The van der Waals surface area contributed by atoms with Gasteiger partial charge in [0.15, 0.2) is 0 Å². The Labute approximate surface area is 90.8 Å². The summed E-state index contributed by atoms with van der Waals surface area (Å²) in [6.45, 7) is 3.71. The highest BCUT2D eigenvalue weighted by atomic mass is 16.4. The van der Waals surface area contributed by atoms with Crippen LogP contribution in [0.2, 0.25) is 0 Å². The van der Waals surface area contributed by atoms with Crippen molar-refractivity contribution in [1.29, 1.82) is 0 Å². The Bertz CT molecular complexity index is 275. The highest BCUT2D eigenvalue weighted by Gasteiger charge is 2.37. The minimum absolute atomic E-state index is 0.166. The molecule has 0 aromatic carbocycles. The van der Waals surface area contributed by atoms with Crippen LogP contribution in [-0.4, -0.2) is 35.1 Å². The molecule has 0 saturated carbocycles. The third-order valence-corrected chi connectivity index (χ3v) is 3.66. The van der Waals surface area contributed by atoms with Crippen molar-refractivity contribution in [3.05, 3.63) is 12.2 Å². The largest absolute Gasteiger partial charge is 0.481 e. The molecule has 0 amide bonds. The van der Waals surface area contributed by atoms with Crippen molar-refractivity contribution in [1.82, 2.24) is 4.90 Å². The summed E-state index contributed by atoms with van der Waals surface area (Å²) in [5, 5.41) is 9.06. The van der Waals surface area contributed by atoms with Gasteiger partial charge in [-0.25, -0.2) is 0 Å². The molecular weight excluding hydrogens is 190 g/mol. The van der Waals surface area contributed by atoms with Gasteiger partial charge in [-0.15, -0.1) is 0 Å². The summed E-state index contributed by atoms with van der Waals surface area (Å²) in [5.74, 6) is -0.511. The van der Waals surface area contributed by atoms with Gasteiger partial charge in [-0.3, -0.25) is 9.69 Å². The van der Waals surface area contributed by atoms with E-state index >= 15 is 0 Å². The Kier molecular flexibility index (Phi) is 3.10. The Morgan fingerprint density at radius 3 is 2.80 bits per heavy atom. The molecule has 1 saturated heterocycles. The molecule has 0 radical (unpaired) electrons. The molecule has 1 aliphatic heterocycles. The quantitative estimate of drug-likeness (QED) is 0.704. The zero-order valence-electron chi connectivity index (χ0n) is 9.22. The van der Waals surface area contributed by atoms with Gasteiger partial charge in [0.05, 0.1) is 5.92 Å². The lowest BCUT2D eigenvalue weighted by molar-refractivity contribution is -0.142. The van der Waals surface area contributed by atoms with Crippen LogP contribution >= 0.6 is 0 Å². The molecule has 1 heterocycles. The molecule has 2 rings (SSSR count). The minimum Gasteiger partial charge on any atom is -0.481 e. The number of rotatable bonds is 2. The first kappa shape index (κ1) is 10.7. The molecule has 3 nitrogen and oxygen atoms in total. The predicted octanol–water partition coefficient (Wildman–Crippen LogP) is 1.75. The molecule has 1 fully saturated rings. The molecule has 3 atom stereocenters. The molecule has 0 aromatic rings. The maximum absolute atomic E-state index is 11.0. The Morgan fingerprint density at radius 1 is 1.47 bits per heavy atom. The van der Waals surface area contributed by atoms with Crippen molar-refractivity contribution in [2.75, 3.05) is 13.1 Å². The molecule has 0 spiro atoms. The summed E-state index contributed by atoms with van der Waals surface area (Å²) in [4.78, 5) is 13.3. The van der Waals surface area contributed by atoms with Crippen LogP contribution in [0.25, 0.3) is 0 Å². The van der Waals surface area contributed by atoms with Gasteiger partial charge in [0, 0.05) is 19.1 Å². The highest BCUT2D eigenvalue weighted by Crippen LogP contribution is 2.28. The Balaban J connectivity index is 1.98. The number of hydrogen-bond donors (Lipinski definition) is 1. The van der Waals surface area contributed by atoms with E-state index in [1.807, 2.05) is 6.92 Å². The zero-order valence-corrected chi connectivity index (χ0v) is 9.22. The number of carboxylic acids is 1. The molecule has 15 heavy (non-hydrogen) atoms. The molecule has 2 aliphatic rings. The smallest absolute Gasteiger partial charge is 0.308 e. The Morgan fingerprint density at radius 2 is 2.27 bits per heavy atom. The van der Waals surface area contributed by atoms with E-state index < -0.39 is 5.97 Å². The molecule has 3 heteroatoms. The van der Waals surface area contributed by atoms with Gasteiger partial charge in [-0.2, -0.15) is 0 Å². The average molecular weight is 209 g/mol. The van der Waals surface area contributed by atoms with Gasteiger partial charge in [0.1, 0.15) is 0 Å². The van der Waals surface area contributed by atoms with Crippen LogP contribution in [0.3, 0.4) is 0 Å². The molecule has 3 unspecified atom stereocenters. The van der Waals surface area contributed by atoms with Crippen LogP contribution in [0.4, 0.5) is 0 Å².